The van der Waals surface area contributed by atoms with Crippen LogP contribution in [0.1, 0.15) is 15.9 Å². The molecule has 0 bridgehead atoms. The third kappa shape index (κ3) is 4.59. The molecule has 2 heterocycles. The van der Waals surface area contributed by atoms with Gasteiger partial charge in [-0.25, -0.2) is 15.0 Å². The predicted molar refractivity (Wildman–Crippen MR) is 105 cm³/mol. The molecule has 1 amide bonds. The van der Waals surface area contributed by atoms with Crippen molar-refractivity contribution >= 4 is 34.7 Å². The molecule has 0 unspecified atom stereocenters. The van der Waals surface area contributed by atoms with E-state index in [2.05, 4.69) is 31.1 Å². The zero-order valence-electron chi connectivity index (χ0n) is 15.4. The highest BCUT2D eigenvalue weighted by Gasteiger charge is 2.24. The third-order valence-corrected chi connectivity index (χ3v) is 3.80. The Morgan fingerprint density at radius 3 is 2.23 bits per heavy atom. The molecular weight excluding hydrogens is 396 g/mol. The number of rotatable bonds is 7. The normalized spacial score (nSPS) is 10.2. The zero-order valence-corrected chi connectivity index (χ0v) is 15.4. The van der Waals surface area contributed by atoms with Crippen LogP contribution in [0, 0.1) is 27.2 Å². The Balaban J connectivity index is 1.78. The molecule has 2 aromatic heterocycles. The molecule has 30 heavy (non-hydrogen) atoms. The molecule has 1 aromatic carbocycles. The van der Waals surface area contributed by atoms with E-state index in [1.54, 1.807) is 18.3 Å². The fourth-order valence-corrected chi connectivity index (χ4v) is 2.32. The summed E-state index contributed by atoms with van der Waals surface area (Å²) in [5.41, 5.74) is 4.97. The highest BCUT2D eigenvalue weighted by atomic mass is 16.6. The lowest BCUT2D eigenvalue weighted by atomic mass is 10.2. The van der Waals surface area contributed by atoms with Gasteiger partial charge in [0.25, 0.3) is 11.6 Å². The van der Waals surface area contributed by atoms with Crippen molar-refractivity contribution in [2.45, 2.75) is 6.92 Å². The molecule has 3 aromatic rings. The minimum atomic E-state index is -0.711. The molecule has 0 atom stereocenters. The van der Waals surface area contributed by atoms with E-state index in [0.717, 1.165) is 11.9 Å². The molecule has 0 fully saturated rings. The largest absolute Gasteiger partial charge is 0.355 e. The number of nitrogens with zero attached hydrogens (tertiary/aromatic N) is 5. The van der Waals surface area contributed by atoms with Gasteiger partial charge in [0.2, 0.25) is 11.6 Å². The summed E-state index contributed by atoms with van der Waals surface area (Å²) in [4.78, 5) is 44.9. The SMILES string of the molecule is Cc1ccc(Nc2ncnc(NNC(=O)c3ccc([N+](=O)[O-])cc3)c2[N+](=O)[O-])nc1. The quantitative estimate of drug-likeness (QED) is 0.387. The first-order valence-electron chi connectivity index (χ1n) is 8.35. The molecule has 0 aliphatic rings. The van der Waals surface area contributed by atoms with Crippen molar-refractivity contribution in [3.05, 3.63) is 80.3 Å². The van der Waals surface area contributed by atoms with Gasteiger partial charge in [0.05, 0.1) is 9.85 Å². The van der Waals surface area contributed by atoms with Gasteiger partial charge in [-0.3, -0.25) is 35.9 Å². The molecule has 3 rings (SSSR count). The summed E-state index contributed by atoms with van der Waals surface area (Å²) in [6, 6.07) is 8.23. The number of hydrogen-bond donors (Lipinski definition) is 3. The van der Waals surface area contributed by atoms with Crippen molar-refractivity contribution in [3.63, 3.8) is 0 Å². The van der Waals surface area contributed by atoms with Crippen LogP contribution in [0.15, 0.2) is 48.9 Å². The number of pyridine rings is 1. The number of nitrogens with one attached hydrogen (secondary N) is 3. The summed E-state index contributed by atoms with van der Waals surface area (Å²) in [6.07, 6.45) is 2.66. The number of nitro groups is 2. The molecule has 152 valence electrons. The fraction of sp³-hybridized carbons (Fsp3) is 0.0588. The Morgan fingerprint density at radius 1 is 0.933 bits per heavy atom. The van der Waals surface area contributed by atoms with Gasteiger partial charge in [0.1, 0.15) is 12.1 Å². The average Bonchev–Trinajstić information content (AvgIpc) is 2.73. The second-order valence-corrected chi connectivity index (χ2v) is 5.91. The Labute approximate surface area is 168 Å². The minimum Gasteiger partial charge on any atom is -0.319 e. The van der Waals surface area contributed by atoms with E-state index < -0.39 is 21.4 Å². The van der Waals surface area contributed by atoms with Crippen LogP contribution in [0.4, 0.5) is 28.8 Å². The minimum absolute atomic E-state index is 0.104. The lowest BCUT2D eigenvalue weighted by Gasteiger charge is -2.10. The van der Waals surface area contributed by atoms with Crippen molar-refractivity contribution in [1.82, 2.24) is 20.4 Å². The summed E-state index contributed by atoms with van der Waals surface area (Å²) in [7, 11) is 0. The van der Waals surface area contributed by atoms with Gasteiger partial charge < -0.3 is 5.32 Å². The molecule has 3 N–H and O–H groups in total. The topological polar surface area (TPSA) is 178 Å². The number of non-ortho nitro benzene ring substituents is 1. The predicted octanol–water partition coefficient (Wildman–Crippen LogP) is 2.50. The van der Waals surface area contributed by atoms with E-state index in [0.29, 0.717) is 5.82 Å². The lowest BCUT2D eigenvalue weighted by molar-refractivity contribution is -0.384. The smallest absolute Gasteiger partial charge is 0.319 e. The summed E-state index contributed by atoms with van der Waals surface area (Å²) in [5.74, 6) is -0.728. The molecular formula is C17H14N8O5. The third-order valence-electron chi connectivity index (χ3n) is 3.80. The number of anilines is 3. The number of hydrazine groups is 1. The Kier molecular flexibility index (Phi) is 5.72. The number of carbonyl (C=O) groups is 1. The van der Waals surface area contributed by atoms with Crippen LogP contribution < -0.4 is 16.2 Å². The summed E-state index contributed by atoms with van der Waals surface area (Å²) < 4.78 is 0. The number of aryl methyl sites for hydroxylation is 1. The number of amides is 1. The molecule has 13 nitrogen and oxygen atoms in total. The number of hydrogen-bond acceptors (Lipinski definition) is 10. The molecule has 0 aliphatic carbocycles. The van der Waals surface area contributed by atoms with Gasteiger partial charge in [-0.1, -0.05) is 6.07 Å². The van der Waals surface area contributed by atoms with Gasteiger partial charge in [-0.15, -0.1) is 0 Å². The lowest BCUT2D eigenvalue weighted by Crippen LogP contribution is -2.30. The van der Waals surface area contributed by atoms with Gasteiger partial charge in [0, 0.05) is 23.9 Å². The molecule has 0 saturated heterocycles. The highest BCUT2D eigenvalue weighted by molar-refractivity contribution is 5.95. The van der Waals surface area contributed by atoms with Gasteiger partial charge in [-0.05, 0) is 30.7 Å². The Bertz CT molecular complexity index is 1100. The number of carbonyl (C=O) groups excluding carboxylic acids is 1. The summed E-state index contributed by atoms with van der Waals surface area (Å²) >= 11 is 0. The molecule has 0 aliphatic heterocycles. The number of nitro benzene ring substituents is 1. The van der Waals surface area contributed by atoms with E-state index in [-0.39, 0.29) is 22.9 Å². The maximum atomic E-state index is 12.2. The van der Waals surface area contributed by atoms with Crippen LogP contribution >= 0.6 is 0 Å². The van der Waals surface area contributed by atoms with E-state index >= 15 is 0 Å². The van der Waals surface area contributed by atoms with Gasteiger partial charge in [0.15, 0.2) is 0 Å². The second kappa shape index (κ2) is 8.55. The standard InChI is InChI=1S/C17H14N8O5/c1-10-2-7-13(18-8-10)21-15-14(25(29)30)16(20-9-19-15)22-23-17(26)11-3-5-12(6-4-11)24(27)28/h2-9H,1H3,(H,23,26)(H2,18,19,20,21,22). The zero-order chi connectivity index (χ0) is 21.7. The fourth-order valence-electron chi connectivity index (χ4n) is 2.32. The van der Waals surface area contributed by atoms with Crippen LogP contribution in [0.5, 0.6) is 0 Å². The van der Waals surface area contributed by atoms with Gasteiger partial charge in [-0.2, -0.15) is 0 Å². The monoisotopic (exact) mass is 410 g/mol. The first-order chi connectivity index (χ1) is 14.3. The maximum Gasteiger partial charge on any atom is 0.355 e. The molecule has 0 saturated carbocycles. The van der Waals surface area contributed by atoms with Crippen LogP contribution in [0.2, 0.25) is 0 Å². The maximum absolute atomic E-state index is 12.2. The van der Waals surface area contributed by atoms with Gasteiger partial charge >= 0.3 is 5.69 Å². The van der Waals surface area contributed by atoms with Crippen LogP contribution in [-0.4, -0.2) is 30.7 Å². The van der Waals surface area contributed by atoms with Crippen molar-refractivity contribution in [1.29, 1.82) is 0 Å². The van der Waals surface area contributed by atoms with Crippen molar-refractivity contribution in [2.24, 2.45) is 0 Å². The Morgan fingerprint density at radius 2 is 1.63 bits per heavy atom. The van der Waals surface area contributed by atoms with Crippen LogP contribution in [0.3, 0.4) is 0 Å². The summed E-state index contributed by atoms with van der Waals surface area (Å²) in [6.45, 7) is 1.85. The van der Waals surface area contributed by atoms with Crippen molar-refractivity contribution in [3.8, 4) is 0 Å². The van der Waals surface area contributed by atoms with Crippen LogP contribution in [0.25, 0.3) is 0 Å². The van der Waals surface area contributed by atoms with E-state index in [1.165, 1.54) is 24.3 Å². The van der Waals surface area contributed by atoms with E-state index in [1.807, 2.05) is 6.92 Å². The Hall–Kier alpha value is -4.68. The summed E-state index contributed by atoms with van der Waals surface area (Å²) in [5, 5.41) is 25.0. The molecule has 13 heteroatoms. The van der Waals surface area contributed by atoms with E-state index in [4.69, 9.17) is 0 Å². The molecule has 0 radical (unpaired) electrons. The van der Waals surface area contributed by atoms with Crippen molar-refractivity contribution in [2.75, 3.05) is 10.7 Å². The second-order valence-electron chi connectivity index (χ2n) is 5.91. The first-order valence-corrected chi connectivity index (χ1v) is 8.35. The molecule has 0 spiro atoms. The number of benzene rings is 1. The number of aromatic nitrogens is 3. The van der Waals surface area contributed by atoms with Crippen molar-refractivity contribution < 1.29 is 14.6 Å². The highest BCUT2D eigenvalue weighted by Crippen LogP contribution is 2.30. The first kappa shape index (κ1) is 20.1. The van der Waals surface area contributed by atoms with E-state index in [9.17, 15) is 25.0 Å². The van der Waals surface area contributed by atoms with Crippen LogP contribution in [-0.2, 0) is 0 Å². The average molecular weight is 410 g/mol.